The predicted molar refractivity (Wildman–Crippen MR) is 82.2 cm³/mol. The van der Waals surface area contributed by atoms with Gasteiger partial charge >= 0.3 is 0 Å². The molecule has 2 N–H and O–H groups in total. The van der Waals surface area contributed by atoms with Gasteiger partial charge in [-0.1, -0.05) is 32.9 Å². The molecule has 4 nitrogen and oxygen atoms in total. The van der Waals surface area contributed by atoms with E-state index >= 15 is 0 Å². The van der Waals surface area contributed by atoms with Gasteiger partial charge in [0, 0.05) is 11.1 Å². The normalized spacial score (nSPS) is 31.6. The summed E-state index contributed by atoms with van der Waals surface area (Å²) in [6.07, 6.45) is 3.34. The van der Waals surface area contributed by atoms with Gasteiger partial charge in [0.15, 0.2) is 0 Å². The van der Waals surface area contributed by atoms with Crippen molar-refractivity contribution in [3.8, 4) is 5.75 Å². The SMILES string of the molecule is CC1(C)C2CC[C@]1(C)/C(=N/NC(=O)c1ccccc1O)C2. The lowest BCUT2D eigenvalue weighted by Crippen LogP contribution is -2.34. The zero-order chi connectivity index (χ0) is 15.3. The molecule has 21 heavy (non-hydrogen) atoms. The molecule has 2 atom stereocenters. The number of hydrazone groups is 1. The van der Waals surface area contributed by atoms with Crippen LogP contribution in [-0.2, 0) is 0 Å². The van der Waals surface area contributed by atoms with Crippen molar-refractivity contribution in [2.75, 3.05) is 0 Å². The molecule has 4 heteroatoms. The number of hydrogen-bond acceptors (Lipinski definition) is 3. The Bertz CT molecular complexity index is 621. The highest BCUT2D eigenvalue weighted by atomic mass is 16.3. The van der Waals surface area contributed by atoms with Gasteiger partial charge in [-0.15, -0.1) is 0 Å². The number of aromatic hydroxyl groups is 1. The van der Waals surface area contributed by atoms with Crippen molar-refractivity contribution < 1.29 is 9.90 Å². The van der Waals surface area contributed by atoms with E-state index in [1.54, 1.807) is 18.2 Å². The van der Waals surface area contributed by atoms with Crippen molar-refractivity contribution in [3.63, 3.8) is 0 Å². The zero-order valence-corrected chi connectivity index (χ0v) is 12.8. The van der Waals surface area contributed by atoms with Gasteiger partial charge in [0.05, 0.1) is 5.56 Å². The molecule has 2 aliphatic rings. The highest BCUT2D eigenvalue weighted by Gasteiger charge is 2.60. The average molecular weight is 286 g/mol. The predicted octanol–water partition coefficient (Wildman–Crippen LogP) is 3.32. The number of nitrogens with one attached hydrogen (secondary N) is 1. The minimum atomic E-state index is -0.357. The summed E-state index contributed by atoms with van der Waals surface area (Å²) >= 11 is 0. The quantitative estimate of drug-likeness (QED) is 0.819. The first-order chi connectivity index (χ1) is 9.86. The summed E-state index contributed by atoms with van der Waals surface area (Å²) in [5.74, 6) is 0.280. The average Bonchev–Trinajstić information content (AvgIpc) is 2.78. The number of rotatable bonds is 2. The Morgan fingerprint density at radius 1 is 1.33 bits per heavy atom. The van der Waals surface area contributed by atoms with E-state index in [1.807, 2.05) is 0 Å². The summed E-state index contributed by atoms with van der Waals surface area (Å²) in [6.45, 7) is 6.86. The Kier molecular flexibility index (Phi) is 3.08. The van der Waals surface area contributed by atoms with E-state index < -0.39 is 0 Å². The van der Waals surface area contributed by atoms with Crippen LogP contribution in [0.4, 0.5) is 0 Å². The summed E-state index contributed by atoms with van der Waals surface area (Å²) in [7, 11) is 0. The van der Waals surface area contributed by atoms with E-state index in [9.17, 15) is 9.90 Å². The first-order valence-corrected chi connectivity index (χ1v) is 7.51. The largest absolute Gasteiger partial charge is 0.507 e. The van der Waals surface area contributed by atoms with Crippen molar-refractivity contribution in [2.45, 2.75) is 40.0 Å². The van der Waals surface area contributed by atoms with Gasteiger partial charge in [-0.25, -0.2) is 5.43 Å². The number of phenols is 1. The first kappa shape index (κ1) is 14.1. The smallest absolute Gasteiger partial charge is 0.275 e. The number of phenolic OH excluding ortho intramolecular Hbond substituents is 1. The lowest BCUT2D eigenvalue weighted by atomic mass is 9.70. The maximum atomic E-state index is 12.1. The molecule has 2 fully saturated rings. The maximum Gasteiger partial charge on any atom is 0.275 e. The van der Waals surface area contributed by atoms with Crippen LogP contribution >= 0.6 is 0 Å². The van der Waals surface area contributed by atoms with E-state index in [1.165, 1.54) is 12.5 Å². The molecule has 2 bridgehead atoms. The Morgan fingerprint density at radius 2 is 2.05 bits per heavy atom. The standard InChI is InChI=1S/C17H22N2O2/c1-16(2)11-8-9-17(16,3)14(10-11)18-19-15(21)12-6-4-5-7-13(12)20/h4-7,11,20H,8-10H2,1-3H3,(H,19,21)/b18-14+/t11?,17-/m1/s1. The van der Waals surface area contributed by atoms with Gasteiger partial charge in [0.1, 0.15) is 5.75 Å². The third-order valence-electron chi connectivity index (χ3n) is 5.95. The van der Waals surface area contributed by atoms with E-state index in [4.69, 9.17) is 0 Å². The fourth-order valence-corrected chi connectivity index (χ4v) is 3.94. The molecule has 0 radical (unpaired) electrons. The Hall–Kier alpha value is -1.84. The second-order valence-corrected chi connectivity index (χ2v) is 7.01. The second-order valence-electron chi connectivity index (χ2n) is 7.01. The lowest BCUT2D eigenvalue weighted by molar-refractivity contribution is 0.0951. The Balaban J connectivity index is 1.79. The van der Waals surface area contributed by atoms with E-state index in [0.29, 0.717) is 5.92 Å². The lowest BCUT2D eigenvalue weighted by Gasteiger charge is -2.34. The summed E-state index contributed by atoms with van der Waals surface area (Å²) in [5, 5.41) is 14.1. The van der Waals surface area contributed by atoms with Gasteiger partial charge in [0.25, 0.3) is 5.91 Å². The summed E-state index contributed by atoms with van der Waals surface area (Å²) in [5.41, 5.74) is 4.28. The highest BCUT2D eigenvalue weighted by molar-refractivity contribution is 5.99. The van der Waals surface area contributed by atoms with Gasteiger partial charge in [-0.05, 0) is 42.7 Å². The molecule has 0 aromatic heterocycles. The van der Waals surface area contributed by atoms with E-state index in [-0.39, 0.29) is 28.1 Å². The van der Waals surface area contributed by atoms with Gasteiger partial charge in [0.2, 0.25) is 0 Å². The third kappa shape index (κ3) is 1.96. The van der Waals surface area contributed by atoms with Crippen LogP contribution in [0.5, 0.6) is 5.75 Å². The Labute approximate surface area is 125 Å². The van der Waals surface area contributed by atoms with Gasteiger partial charge in [-0.3, -0.25) is 4.79 Å². The maximum absolute atomic E-state index is 12.1. The van der Waals surface area contributed by atoms with E-state index in [0.717, 1.165) is 18.6 Å². The molecule has 2 saturated carbocycles. The number of para-hydroxylation sites is 1. The summed E-state index contributed by atoms with van der Waals surface area (Å²) in [4.78, 5) is 12.1. The van der Waals surface area contributed by atoms with Crippen molar-refractivity contribution in [3.05, 3.63) is 29.8 Å². The molecule has 0 spiro atoms. The third-order valence-corrected chi connectivity index (χ3v) is 5.95. The molecule has 1 unspecified atom stereocenters. The fraction of sp³-hybridized carbons (Fsp3) is 0.529. The molecule has 2 aliphatic carbocycles. The number of carbonyl (C=O) groups is 1. The molecule has 1 amide bonds. The number of carbonyl (C=O) groups excluding carboxylic acids is 1. The molecule has 1 aromatic rings. The number of fused-ring (bicyclic) bond motifs is 2. The van der Waals surface area contributed by atoms with Crippen LogP contribution < -0.4 is 5.43 Å². The number of nitrogens with zero attached hydrogens (tertiary/aromatic N) is 1. The fourth-order valence-electron chi connectivity index (χ4n) is 3.94. The number of hydrogen-bond donors (Lipinski definition) is 2. The molecule has 0 saturated heterocycles. The van der Waals surface area contributed by atoms with Crippen LogP contribution in [0, 0.1) is 16.7 Å². The topological polar surface area (TPSA) is 61.7 Å². The molecule has 112 valence electrons. The van der Waals surface area contributed by atoms with Crippen LogP contribution in [0.2, 0.25) is 0 Å². The van der Waals surface area contributed by atoms with Crippen LogP contribution in [0.1, 0.15) is 50.4 Å². The van der Waals surface area contributed by atoms with Crippen molar-refractivity contribution >= 4 is 11.6 Å². The molecule has 3 rings (SSSR count). The second kappa shape index (κ2) is 4.58. The minimum Gasteiger partial charge on any atom is -0.507 e. The van der Waals surface area contributed by atoms with Crippen molar-refractivity contribution in [2.24, 2.45) is 21.8 Å². The number of benzene rings is 1. The monoisotopic (exact) mass is 286 g/mol. The molecule has 1 aromatic carbocycles. The Morgan fingerprint density at radius 3 is 2.62 bits per heavy atom. The van der Waals surface area contributed by atoms with Gasteiger partial charge < -0.3 is 5.11 Å². The van der Waals surface area contributed by atoms with Crippen LogP contribution in [-0.4, -0.2) is 16.7 Å². The van der Waals surface area contributed by atoms with Crippen molar-refractivity contribution in [1.82, 2.24) is 5.43 Å². The molecule has 0 aliphatic heterocycles. The molecular formula is C17H22N2O2. The molecule has 0 heterocycles. The number of amides is 1. The van der Waals surface area contributed by atoms with Gasteiger partial charge in [-0.2, -0.15) is 5.10 Å². The first-order valence-electron chi connectivity index (χ1n) is 7.51. The van der Waals surface area contributed by atoms with Crippen LogP contribution in [0.3, 0.4) is 0 Å². The zero-order valence-electron chi connectivity index (χ0n) is 12.8. The summed E-state index contributed by atoms with van der Waals surface area (Å²) < 4.78 is 0. The summed E-state index contributed by atoms with van der Waals surface area (Å²) in [6, 6.07) is 6.52. The van der Waals surface area contributed by atoms with E-state index in [2.05, 4.69) is 31.3 Å². The van der Waals surface area contributed by atoms with Crippen molar-refractivity contribution in [1.29, 1.82) is 0 Å². The minimum absolute atomic E-state index is 0.0188. The highest BCUT2D eigenvalue weighted by Crippen LogP contribution is 2.63. The molecular weight excluding hydrogens is 264 g/mol. The van der Waals surface area contributed by atoms with Crippen LogP contribution in [0.15, 0.2) is 29.4 Å². The van der Waals surface area contributed by atoms with Crippen LogP contribution in [0.25, 0.3) is 0 Å².